The number of halogens is 1. The summed E-state index contributed by atoms with van der Waals surface area (Å²) in [6, 6.07) is 12.5. The van der Waals surface area contributed by atoms with Crippen LogP contribution in [0.5, 0.6) is 0 Å². The molecule has 0 amide bonds. The standard InChI is InChI=1S/C15H11ClN4O4/c16-12(8-11-4-2-1-3-5-11)10-17-18-14-7-6-13(19(21)22)9-15(14)20(23)24/h1-10,18H. The Morgan fingerprint density at radius 1 is 1.08 bits per heavy atom. The fourth-order valence-electron chi connectivity index (χ4n) is 1.79. The number of allylic oxidation sites excluding steroid dienone is 1. The van der Waals surface area contributed by atoms with Crippen molar-refractivity contribution in [1.82, 2.24) is 0 Å². The van der Waals surface area contributed by atoms with Gasteiger partial charge in [0, 0.05) is 6.07 Å². The fraction of sp³-hybridized carbons (Fsp3) is 0. The lowest BCUT2D eigenvalue weighted by atomic mass is 10.2. The van der Waals surface area contributed by atoms with Crippen molar-refractivity contribution in [3.63, 3.8) is 0 Å². The molecule has 0 aromatic heterocycles. The molecule has 1 N–H and O–H groups in total. The van der Waals surface area contributed by atoms with Crippen LogP contribution in [-0.4, -0.2) is 16.1 Å². The minimum Gasteiger partial charge on any atom is -0.272 e. The highest BCUT2D eigenvalue weighted by atomic mass is 35.5. The maximum absolute atomic E-state index is 11.0. The highest BCUT2D eigenvalue weighted by Gasteiger charge is 2.18. The summed E-state index contributed by atoms with van der Waals surface area (Å²) in [5.74, 6) is 0. The third-order valence-electron chi connectivity index (χ3n) is 2.87. The molecule has 0 aliphatic heterocycles. The summed E-state index contributed by atoms with van der Waals surface area (Å²) in [4.78, 5) is 20.2. The van der Waals surface area contributed by atoms with Crippen LogP contribution in [0.1, 0.15) is 5.56 Å². The van der Waals surface area contributed by atoms with Crippen molar-refractivity contribution in [1.29, 1.82) is 0 Å². The van der Waals surface area contributed by atoms with Gasteiger partial charge in [0.1, 0.15) is 5.69 Å². The number of nitrogens with one attached hydrogen (secondary N) is 1. The van der Waals surface area contributed by atoms with E-state index in [9.17, 15) is 20.2 Å². The van der Waals surface area contributed by atoms with Crippen LogP contribution in [0.2, 0.25) is 0 Å². The summed E-state index contributed by atoms with van der Waals surface area (Å²) in [6.07, 6.45) is 2.94. The number of hydrazone groups is 1. The fourth-order valence-corrected chi connectivity index (χ4v) is 1.96. The second-order valence-corrected chi connectivity index (χ2v) is 4.96. The Morgan fingerprint density at radius 3 is 2.42 bits per heavy atom. The number of nitrogens with zero attached hydrogens (tertiary/aromatic N) is 3. The Bertz CT molecular complexity index is 821. The predicted molar refractivity (Wildman–Crippen MR) is 92.1 cm³/mol. The van der Waals surface area contributed by atoms with Gasteiger partial charge in [-0.1, -0.05) is 41.9 Å². The van der Waals surface area contributed by atoms with Gasteiger partial charge in [-0.15, -0.1) is 0 Å². The minimum atomic E-state index is -0.730. The van der Waals surface area contributed by atoms with Gasteiger partial charge in [0.15, 0.2) is 0 Å². The number of hydrogen-bond acceptors (Lipinski definition) is 6. The van der Waals surface area contributed by atoms with E-state index in [1.165, 1.54) is 12.3 Å². The Hall–Kier alpha value is -3.26. The maximum atomic E-state index is 11.0. The monoisotopic (exact) mass is 346 g/mol. The van der Waals surface area contributed by atoms with Crippen LogP contribution in [-0.2, 0) is 0 Å². The maximum Gasteiger partial charge on any atom is 0.301 e. The lowest BCUT2D eigenvalue weighted by Crippen LogP contribution is -1.98. The number of non-ortho nitro benzene ring substituents is 1. The van der Waals surface area contributed by atoms with E-state index in [-0.39, 0.29) is 11.4 Å². The molecule has 0 aliphatic rings. The Morgan fingerprint density at radius 2 is 1.79 bits per heavy atom. The van der Waals surface area contributed by atoms with E-state index in [2.05, 4.69) is 10.5 Å². The van der Waals surface area contributed by atoms with Crippen LogP contribution in [0.3, 0.4) is 0 Å². The smallest absolute Gasteiger partial charge is 0.272 e. The van der Waals surface area contributed by atoms with Gasteiger partial charge in [-0.2, -0.15) is 5.10 Å². The molecule has 0 aliphatic carbocycles. The van der Waals surface area contributed by atoms with Crippen LogP contribution >= 0.6 is 11.6 Å². The van der Waals surface area contributed by atoms with E-state index in [0.717, 1.165) is 17.7 Å². The molecule has 0 bridgehead atoms. The van der Waals surface area contributed by atoms with Crippen molar-refractivity contribution in [2.75, 3.05) is 5.43 Å². The number of anilines is 1. The average molecular weight is 347 g/mol. The number of benzene rings is 2. The van der Waals surface area contributed by atoms with Gasteiger partial charge in [-0.3, -0.25) is 25.7 Å². The Kier molecular flexibility index (Phi) is 5.58. The van der Waals surface area contributed by atoms with E-state index >= 15 is 0 Å². The first-order valence-electron chi connectivity index (χ1n) is 6.61. The largest absolute Gasteiger partial charge is 0.301 e. The van der Waals surface area contributed by atoms with E-state index in [0.29, 0.717) is 5.03 Å². The van der Waals surface area contributed by atoms with Crippen molar-refractivity contribution in [3.8, 4) is 0 Å². The first kappa shape index (κ1) is 17.1. The van der Waals surface area contributed by atoms with Gasteiger partial charge in [0.25, 0.3) is 5.69 Å². The summed E-state index contributed by atoms with van der Waals surface area (Å²) in [7, 11) is 0. The lowest BCUT2D eigenvalue weighted by molar-refractivity contribution is -0.393. The van der Waals surface area contributed by atoms with Crippen molar-refractivity contribution in [2.24, 2.45) is 5.10 Å². The summed E-state index contributed by atoms with van der Waals surface area (Å²) >= 11 is 6.00. The van der Waals surface area contributed by atoms with Crippen molar-refractivity contribution in [2.45, 2.75) is 0 Å². The van der Waals surface area contributed by atoms with Crippen LogP contribution in [0.4, 0.5) is 17.1 Å². The molecule has 0 radical (unpaired) electrons. The van der Waals surface area contributed by atoms with E-state index in [1.54, 1.807) is 6.08 Å². The van der Waals surface area contributed by atoms with Crippen LogP contribution in [0.25, 0.3) is 6.08 Å². The van der Waals surface area contributed by atoms with Crippen LogP contribution in [0, 0.1) is 20.2 Å². The van der Waals surface area contributed by atoms with Crippen molar-refractivity contribution in [3.05, 3.63) is 79.4 Å². The highest BCUT2D eigenvalue weighted by Crippen LogP contribution is 2.28. The summed E-state index contributed by atoms with van der Waals surface area (Å²) < 4.78 is 0. The molecule has 2 aromatic rings. The zero-order valence-electron chi connectivity index (χ0n) is 12.1. The van der Waals surface area contributed by atoms with E-state index in [1.807, 2.05) is 30.3 Å². The van der Waals surface area contributed by atoms with Crippen LogP contribution in [0.15, 0.2) is 58.7 Å². The molecule has 8 nitrogen and oxygen atoms in total. The number of rotatable bonds is 6. The summed E-state index contributed by atoms with van der Waals surface area (Å²) in [5, 5.41) is 25.8. The lowest BCUT2D eigenvalue weighted by Gasteiger charge is -2.01. The zero-order valence-corrected chi connectivity index (χ0v) is 12.9. The van der Waals surface area contributed by atoms with Crippen molar-refractivity contribution < 1.29 is 9.85 Å². The van der Waals surface area contributed by atoms with Crippen molar-refractivity contribution >= 4 is 41.0 Å². The third-order valence-corrected chi connectivity index (χ3v) is 3.07. The zero-order chi connectivity index (χ0) is 17.5. The molecule has 0 fully saturated rings. The topological polar surface area (TPSA) is 111 Å². The molecule has 9 heteroatoms. The third kappa shape index (κ3) is 4.62. The number of nitro groups is 2. The van der Waals surface area contributed by atoms with Gasteiger partial charge in [-0.05, 0) is 17.7 Å². The second kappa shape index (κ2) is 7.84. The van der Waals surface area contributed by atoms with Gasteiger partial charge in [-0.25, -0.2) is 0 Å². The number of hydrogen-bond donors (Lipinski definition) is 1. The summed E-state index contributed by atoms with van der Waals surface area (Å²) in [5.41, 5.74) is 2.52. The molecular formula is C15H11ClN4O4. The van der Waals surface area contributed by atoms with Gasteiger partial charge in [0.05, 0.1) is 27.2 Å². The van der Waals surface area contributed by atoms with Gasteiger partial charge < -0.3 is 0 Å². The SMILES string of the molecule is O=[N+]([O-])c1ccc(NN=CC(Cl)=Cc2ccccc2)c([N+](=O)[O-])c1. The Balaban J connectivity index is 2.15. The minimum absolute atomic E-state index is 0.0195. The van der Waals surface area contributed by atoms with Crippen LogP contribution < -0.4 is 5.43 Å². The molecule has 0 saturated heterocycles. The molecule has 0 spiro atoms. The molecule has 24 heavy (non-hydrogen) atoms. The predicted octanol–water partition coefficient (Wildman–Crippen LogP) is 4.18. The molecule has 0 saturated carbocycles. The van der Waals surface area contributed by atoms with Gasteiger partial charge >= 0.3 is 5.69 Å². The average Bonchev–Trinajstić information content (AvgIpc) is 2.55. The second-order valence-electron chi connectivity index (χ2n) is 4.53. The molecule has 122 valence electrons. The Labute approximate surface area is 141 Å². The first-order valence-corrected chi connectivity index (χ1v) is 6.99. The molecule has 0 heterocycles. The summed E-state index contributed by atoms with van der Waals surface area (Å²) in [6.45, 7) is 0. The number of nitro benzene ring substituents is 2. The van der Waals surface area contributed by atoms with E-state index in [4.69, 9.17) is 11.6 Å². The molecular weight excluding hydrogens is 336 g/mol. The quantitative estimate of drug-likeness (QED) is 0.479. The molecule has 2 aromatic carbocycles. The normalized spacial score (nSPS) is 11.5. The highest BCUT2D eigenvalue weighted by molar-refractivity contribution is 6.41. The molecule has 2 rings (SSSR count). The van der Waals surface area contributed by atoms with Gasteiger partial charge in [0.2, 0.25) is 0 Å². The molecule has 0 unspecified atom stereocenters. The molecule has 0 atom stereocenters. The first-order chi connectivity index (χ1) is 11.5. The van der Waals surface area contributed by atoms with E-state index < -0.39 is 15.5 Å².